The van der Waals surface area contributed by atoms with Crippen LogP contribution in [0.1, 0.15) is 31.4 Å². The molecule has 174 valence electrons. The molecule has 0 heterocycles. The Bertz CT molecular complexity index is 905. The number of hydrogen-bond acceptors (Lipinski definition) is 5. The zero-order valence-electron chi connectivity index (χ0n) is 19.7. The van der Waals surface area contributed by atoms with Gasteiger partial charge >= 0.3 is 0 Å². The Kier molecular flexibility index (Phi) is 9.66. The third kappa shape index (κ3) is 6.80. The number of rotatable bonds is 10. The van der Waals surface area contributed by atoms with Crippen molar-refractivity contribution in [3.63, 3.8) is 0 Å². The smallest absolute Gasteiger partial charge is 0.227 e. The van der Waals surface area contributed by atoms with Crippen molar-refractivity contribution < 1.29 is 19.0 Å². The van der Waals surface area contributed by atoms with E-state index in [0.717, 1.165) is 23.2 Å². The number of hydrogen-bond donors (Lipinski definition) is 3. The van der Waals surface area contributed by atoms with E-state index in [1.807, 2.05) is 50.2 Å². The summed E-state index contributed by atoms with van der Waals surface area (Å²) in [4.78, 5) is 16.4. The van der Waals surface area contributed by atoms with Gasteiger partial charge in [-0.15, -0.1) is 0 Å². The summed E-state index contributed by atoms with van der Waals surface area (Å²) in [6, 6.07) is 11.6. The number of methoxy groups -OCH3 is 3. The van der Waals surface area contributed by atoms with Crippen LogP contribution in [0.25, 0.3) is 0 Å². The fourth-order valence-electron chi connectivity index (χ4n) is 3.04. The molecule has 2 aromatic carbocycles. The number of guanidine groups is 1. The lowest BCUT2D eigenvalue weighted by atomic mass is 10.1. The number of anilines is 1. The van der Waals surface area contributed by atoms with Crippen molar-refractivity contribution >= 4 is 17.6 Å². The molecule has 0 radical (unpaired) electrons. The molecule has 3 N–H and O–H groups in total. The third-order valence-electron chi connectivity index (χ3n) is 5.12. The van der Waals surface area contributed by atoms with Gasteiger partial charge in [-0.2, -0.15) is 0 Å². The summed E-state index contributed by atoms with van der Waals surface area (Å²) in [5, 5.41) is 9.54. The Morgan fingerprint density at radius 1 is 0.969 bits per heavy atom. The molecule has 0 aliphatic rings. The molecule has 8 heteroatoms. The molecule has 0 fully saturated rings. The van der Waals surface area contributed by atoms with Crippen LogP contribution in [-0.4, -0.2) is 40.2 Å². The first-order valence-corrected chi connectivity index (χ1v) is 10.6. The molecule has 0 bridgehead atoms. The molecule has 32 heavy (non-hydrogen) atoms. The molecule has 1 unspecified atom stereocenters. The van der Waals surface area contributed by atoms with Crippen molar-refractivity contribution in [3.8, 4) is 17.2 Å². The van der Waals surface area contributed by atoms with E-state index in [4.69, 9.17) is 14.2 Å². The number of benzene rings is 2. The predicted octanol–water partition coefficient (Wildman–Crippen LogP) is 3.56. The molecule has 2 rings (SSSR count). The van der Waals surface area contributed by atoms with E-state index >= 15 is 0 Å². The van der Waals surface area contributed by atoms with Gasteiger partial charge in [0.25, 0.3) is 0 Å². The van der Waals surface area contributed by atoms with Crippen molar-refractivity contribution in [2.45, 2.75) is 33.4 Å². The quantitative estimate of drug-likeness (QED) is 0.385. The van der Waals surface area contributed by atoms with E-state index in [9.17, 15) is 4.79 Å². The minimum Gasteiger partial charge on any atom is -0.493 e. The lowest BCUT2D eigenvalue weighted by Gasteiger charge is -2.16. The van der Waals surface area contributed by atoms with Crippen LogP contribution in [0.15, 0.2) is 41.4 Å². The summed E-state index contributed by atoms with van der Waals surface area (Å²) >= 11 is 0. The molecule has 1 atom stereocenters. The normalized spacial score (nSPS) is 12.0. The summed E-state index contributed by atoms with van der Waals surface area (Å²) < 4.78 is 16.2. The summed E-state index contributed by atoms with van der Waals surface area (Å²) in [6.45, 7) is 5.00. The number of aliphatic imine (C=N–C) groups is 1. The van der Waals surface area contributed by atoms with Gasteiger partial charge in [0, 0.05) is 31.7 Å². The number of nitrogens with zero attached hydrogens (tertiary/aromatic N) is 1. The molecule has 1 amide bonds. The average molecular weight is 443 g/mol. The van der Waals surface area contributed by atoms with Gasteiger partial charge in [0.2, 0.25) is 11.7 Å². The summed E-state index contributed by atoms with van der Waals surface area (Å²) in [5.74, 6) is 2.41. The van der Waals surface area contributed by atoms with Crippen LogP contribution >= 0.6 is 0 Å². The molecule has 0 saturated heterocycles. The highest BCUT2D eigenvalue weighted by atomic mass is 16.5. The van der Waals surface area contributed by atoms with E-state index in [1.54, 1.807) is 28.4 Å². The van der Waals surface area contributed by atoms with Crippen LogP contribution in [0.4, 0.5) is 5.69 Å². The molecule has 0 spiro atoms. The first-order chi connectivity index (χ1) is 15.4. The standard InChI is InChI=1S/C24H34N4O4/c1-7-16(2)23(29)28-19-10-8-9-17(11-19)14-26-24(25-3)27-15-18-12-20(30-4)22(32-6)21(13-18)31-5/h8-13,16H,7,14-15H2,1-6H3,(H,28,29)(H2,25,26,27). The van der Waals surface area contributed by atoms with Crippen LogP contribution in [0.5, 0.6) is 17.2 Å². The maximum atomic E-state index is 12.1. The zero-order chi connectivity index (χ0) is 23.5. The fraction of sp³-hybridized carbons (Fsp3) is 0.417. The Hall–Kier alpha value is -3.42. The SMILES string of the molecule is CCC(C)C(=O)Nc1cccc(CNC(=NC)NCc2cc(OC)c(OC)c(OC)c2)c1. The van der Waals surface area contributed by atoms with Gasteiger partial charge in [0.1, 0.15) is 0 Å². The van der Waals surface area contributed by atoms with E-state index in [1.165, 1.54) is 0 Å². The topological polar surface area (TPSA) is 93.2 Å². The lowest BCUT2D eigenvalue weighted by molar-refractivity contribution is -0.119. The van der Waals surface area contributed by atoms with Crippen molar-refractivity contribution in [1.29, 1.82) is 0 Å². The van der Waals surface area contributed by atoms with E-state index in [0.29, 0.717) is 36.3 Å². The number of ether oxygens (including phenoxy) is 3. The van der Waals surface area contributed by atoms with Crippen molar-refractivity contribution in [1.82, 2.24) is 10.6 Å². The third-order valence-corrected chi connectivity index (χ3v) is 5.12. The van der Waals surface area contributed by atoms with Crippen LogP contribution in [0.3, 0.4) is 0 Å². The largest absolute Gasteiger partial charge is 0.493 e. The second-order valence-electron chi connectivity index (χ2n) is 7.31. The first kappa shape index (κ1) is 24.8. The number of nitrogens with one attached hydrogen (secondary N) is 3. The lowest BCUT2D eigenvalue weighted by Crippen LogP contribution is -2.36. The Morgan fingerprint density at radius 2 is 1.59 bits per heavy atom. The van der Waals surface area contributed by atoms with Crippen LogP contribution in [0, 0.1) is 5.92 Å². The van der Waals surface area contributed by atoms with Gasteiger partial charge in [-0.3, -0.25) is 9.79 Å². The number of amides is 1. The van der Waals surface area contributed by atoms with Gasteiger partial charge in [0.15, 0.2) is 17.5 Å². The number of carbonyl (C=O) groups is 1. The van der Waals surface area contributed by atoms with E-state index in [-0.39, 0.29) is 11.8 Å². The molecular formula is C24H34N4O4. The highest BCUT2D eigenvalue weighted by Crippen LogP contribution is 2.38. The Labute approximate surface area is 190 Å². The van der Waals surface area contributed by atoms with E-state index < -0.39 is 0 Å². The van der Waals surface area contributed by atoms with Gasteiger partial charge in [-0.25, -0.2) is 0 Å². The molecule has 8 nitrogen and oxygen atoms in total. The van der Waals surface area contributed by atoms with Gasteiger partial charge < -0.3 is 30.2 Å². The van der Waals surface area contributed by atoms with Crippen LogP contribution < -0.4 is 30.2 Å². The second-order valence-corrected chi connectivity index (χ2v) is 7.31. The monoisotopic (exact) mass is 442 g/mol. The molecule has 2 aromatic rings. The van der Waals surface area contributed by atoms with Gasteiger partial charge in [0.05, 0.1) is 21.3 Å². The highest BCUT2D eigenvalue weighted by Gasteiger charge is 2.13. The van der Waals surface area contributed by atoms with Crippen molar-refractivity contribution in [2.24, 2.45) is 10.9 Å². The van der Waals surface area contributed by atoms with Crippen molar-refractivity contribution in [3.05, 3.63) is 47.5 Å². The van der Waals surface area contributed by atoms with Gasteiger partial charge in [-0.1, -0.05) is 26.0 Å². The molecule has 0 aliphatic heterocycles. The minimum absolute atomic E-state index is 0.0185. The maximum Gasteiger partial charge on any atom is 0.227 e. The Morgan fingerprint density at radius 3 is 2.12 bits per heavy atom. The Balaban J connectivity index is 1.98. The molecule has 0 aliphatic carbocycles. The van der Waals surface area contributed by atoms with Crippen LogP contribution in [-0.2, 0) is 17.9 Å². The summed E-state index contributed by atoms with van der Waals surface area (Å²) in [5.41, 5.74) is 2.77. The second kappa shape index (κ2) is 12.4. The highest BCUT2D eigenvalue weighted by molar-refractivity contribution is 5.92. The predicted molar refractivity (Wildman–Crippen MR) is 128 cm³/mol. The minimum atomic E-state index is -0.0185. The van der Waals surface area contributed by atoms with Crippen molar-refractivity contribution in [2.75, 3.05) is 33.7 Å². The van der Waals surface area contributed by atoms with Gasteiger partial charge in [-0.05, 0) is 41.8 Å². The summed E-state index contributed by atoms with van der Waals surface area (Å²) in [7, 11) is 6.48. The van der Waals surface area contributed by atoms with E-state index in [2.05, 4.69) is 20.9 Å². The molecular weight excluding hydrogens is 408 g/mol. The van der Waals surface area contributed by atoms with Crippen LogP contribution in [0.2, 0.25) is 0 Å². The molecule has 0 aromatic heterocycles. The first-order valence-electron chi connectivity index (χ1n) is 10.6. The summed E-state index contributed by atoms with van der Waals surface area (Å²) in [6.07, 6.45) is 0.807. The zero-order valence-corrected chi connectivity index (χ0v) is 19.7. The molecule has 0 saturated carbocycles. The fourth-order valence-corrected chi connectivity index (χ4v) is 3.04. The number of carbonyl (C=O) groups excluding carboxylic acids is 1. The average Bonchev–Trinajstić information content (AvgIpc) is 2.82. The maximum absolute atomic E-state index is 12.1.